The van der Waals surface area contributed by atoms with Crippen molar-refractivity contribution >= 4 is 16.9 Å². The minimum Gasteiger partial charge on any atom is -0.353 e. The van der Waals surface area contributed by atoms with Crippen LogP contribution in [0.25, 0.3) is 0 Å². The van der Waals surface area contributed by atoms with Gasteiger partial charge in [0.25, 0.3) is 0 Å². The summed E-state index contributed by atoms with van der Waals surface area (Å²) in [6.07, 6.45) is 1.13. The van der Waals surface area contributed by atoms with Gasteiger partial charge in [0, 0.05) is 14.1 Å². The third-order valence-electron chi connectivity index (χ3n) is 0.910. The molecule has 0 aromatic rings. The molecule has 0 aliphatic carbocycles. The number of aliphatic imine (C=N–C) groups is 1. The van der Waals surface area contributed by atoms with Gasteiger partial charge in [0.05, 0.1) is 6.20 Å². The van der Waals surface area contributed by atoms with E-state index in [1.165, 1.54) is 0 Å². The fourth-order valence-electron chi connectivity index (χ4n) is 0.316. The number of rotatable bonds is 1. The molecule has 0 fully saturated rings. The number of nitrogens with zero attached hydrogens (tertiary/aromatic N) is 4. The van der Waals surface area contributed by atoms with Gasteiger partial charge in [-0.15, -0.1) is 0 Å². The van der Waals surface area contributed by atoms with E-state index in [1.54, 1.807) is 31.1 Å². The minimum absolute atomic E-state index is 0.0741. The molecule has 0 unspecified atom stereocenters. The fraction of sp³-hybridized carbons (Fsp3) is 0.286. The van der Waals surface area contributed by atoms with Gasteiger partial charge in [0.15, 0.2) is 5.29 Å². The third-order valence-corrected chi connectivity index (χ3v) is 1.35. The zero-order valence-corrected chi connectivity index (χ0v) is 7.50. The molecular formula is C7H7ClN4. The van der Waals surface area contributed by atoms with E-state index in [1.807, 2.05) is 0 Å². The first kappa shape index (κ1) is 10.5. The standard InChI is InChI=1S/C7H7ClN4/c1-12(2)7(8)11-5-6(3-9)4-10/h5H,1-2H3. The van der Waals surface area contributed by atoms with Crippen LogP contribution in [0, 0.1) is 22.7 Å². The molecule has 0 aliphatic heterocycles. The van der Waals surface area contributed by atoms with Crippen molar-refractivity contribution in [2.24, 2.45) is 4.99 Å². The topological polar surface area (TPSA) is 63.2 Å². The average molecular weight is 183 g/mol. The average Bonchev–Trinajstić information content (AvgIpc) is 2.05. The van der Waals surface area contributed by atoms with Crippen LogP contribution in [-0.2, 0) is 0 Å². The maximum atomic E-state index is 8.31. The molecule has 0 heterocycles. The van der Waals surface area contributed by atoms with Gasteiger partial charge in [-0.2, -0.15) is 10.5 Å². The van der Waals surface area contributed by atoms with Crippen LogP contribution in [0.3, 0.4) is 0 Å². The lowest BCUT2D eigenvalue weighted by atomic mass is 10.4. The van der Waals surface area contributed by atoms with Crippen molar-refractivity contribution in [2.75, 3.05) is 14.1 Å². The highest BCUT2D eigenvalue weighted by Crippen LogP contribution is 1.94. The number of allylic oxidation sites excluding steroid dienone is 1. The van der Waals surface area contributed by atoms with Crippen LogP contribution in [0.4, 0.5) is 0 Å². The van der Waals surface area contributed by atoms with Gasteiger partial charge in [-0.1, -0.05) is 0 Å². The predicted molar refractivity (Wildman–Crippen MR) is 46.3 cm³/mol. The van der Waals surface area contributed by atoms with Crippen molar-refractivity contribution in [3.8, 4) is 12.1 Å². The Labute approximate surface area is 76.0 Å². The smallest absolute Gasteiger partial charge is 0.198 e. The highest BCUT2D eigenvalue weighted by molar-refractivity contribution is 6.64. The van der Waals surface area contributed by atoms with E-state index >= 15 is 0 Å². The number of amidine groups is 1. The number of hydrogen-bond acceptors (Lipinski definition) is 3. The van der Waals surface area contributed by atoms with E-state index in [2.05, 4.69) is 4.99 Å². The Morgan fingerprint density at radius 2 is 1.92 bits per heavy atom. The molecule has 0 spiro atoms. The largest absolute Gasteiger partial charge is 0.353 e. The molecule has 0 aromatic carbocycles. The minimum atomic E-state index is -0.0741. The molecule has 0 amide bonds. The van der Waals surface area contributed by atoms with Crippen LogP contribution in [0.15, 0.2) is 16.8 Å². The van der Waals surface area contributed by atoms with Crippen LogP contribution in [0.1, 0.15) is 0 Å². The normalized spacial score (nSPS) is 9.58. The summed E-state index contributed by atoms with van der Waals surface area (Å²) in [5, 5.41) is 16.8. The monoisotopic (exact) mass is 182 g/mol. The third kappa shape index (κ3) is 3.60. The summed E-state index contributed by atoms with van der Waals surface area (Å²) in [4.78, 5) is 5.23. The van der Waals surface area contributed by atoms with Crippen molar-refractivity contribution in [3.05, 3.63) is 11.8 Å². The van der Waals surface area contributed by atoms with Crippen LogP contribution in [-0.4, -0.2) is 24.3 Å². The number of halogens is 1. The Hall–Kier alpha value is -1.52. The molecule has 0 bridgehead atoms. The number of hydrogen-bond donors (Lipinski definition) is 0. The highest BCUT2D eigenvalue weighted by atomic mass is 35.5. The van der Waals surface area contributed by atoms with Gasteiger partial charge in [-0.25, -0.2) is 4.99 Å². The quantitative estimate of drug-likeness (QED) is 0.264. The molecule has 4 nitrogen and oxygen atoms in total. The van der Waals surface area contributed by atoms with Crippen LogP contribution >= 0.6 is 11.6 Å². The van der Waals surface area contributed by atoms with Crippen LogP contribution < -0.4 is 0 Å². The summed E-state index contributed by atoms with van der Waals surface area (Å²) in [6, 6.07) is 3.32. The molecule has 5 heteroatoms. The van der Waals surface area contributed by atoms with E-state index in [-0.39, 0.29) is 10.9 Å². The molecule has 62 valence electrons. The first-order chi connectivity index (χ1) is 5.61. The predicted octanol–water partition coefficient (Wildman–Crippen LogP) is 1.07. The SMILES string of the molecule is CN(C)C(Cl)=NC=C(C#N)C#N. The van der Waals surface area contributed by atoms with Gasteiger partial charge in [0.1, 0.15) is 17.7 Å². The highest BCUT2D eigenvalue weighted by Gasteiger charge is 1.94. The zero-order chi connectivity index (χ0) is 9.56. The lowest BCUT2D eigenvalue weighted by Gasteiger charge is -2.06. The molecule has 0 radical (unpaired) electrons. The first-order valence-electron chi connectivity index (χ1n) is 3.02. The van der Waals surface area contributed by atoms with E-state index in [0.29, 0.717) is 0 Å². The summed E-state index contributed by atoms with van der Waals surface area (Å²) in [6.45, 7) is 0. The fourth-order valence-corrected chi connectivity index (χ4v) is 0.365. The number of nitriles is 2. The molecule has 0 rings (SSSR count). The Kier molecular flexibility index (Phi) is 4.52. The summed E-state index contributed by atoms with van der Waals surface area (Å²) >= 11 is 5.59. The van der Waals surface area contributed by atoms with Gasteiger partial charge in [-0.05, 0) is 11.6 Å². The van der Waals surface area contributed by atoms with Crippen molar-refractivity contribution in [2.45, 2.75) is 0 Å². The Balaban J connectivity index is 4.51. The summed E-state index contributed by atoms with van der Waals surface area (Å²) in [5.41, 5.74) is -0.0741. The van der Waals surface area contributed by atoms with E-state index in [9.17, 15) is 0 Å². The lowest BCUT2D eigenvalue weighted by molar-refractivity contribution is 0.635. The Bertz CT molecular complexity index is 274. The molecular weight excluding hydrogens is 176 g/mol. The Morgan fingerprint density at radius 3 is 2.25 bits per heavy atom. The van der Waals surface area contributed by atoms with Crippen molar-refractivity contribution in [1.82, 2.24) is 4.90 Å². The molecule has 0 saturated carbocycles. The molecule has 12 heavy (non-hydrogen) atoms. The maximum Gasteiger partial charge on any atom is 0.198 e. The molecule has 0 aliphatic rings. The first-order valence-corrected chi connectivity index (χ1v) is 3.40. The zero-order valence-electron chi connectivity index (χ0n) is 6.74. The van der Waals surface area contributed by atoms with Gasteiger partial charge in [0.2, 0.25) is 0 Å². The second-order valence-corrected chi connectivity index (χ2v) is 2.40. The molecule has 0 saturated heterocycles. The van der Waals surface area contributed by atoms with Gasteiger partial charge in [-0.3, -0.25) is 0 Å². The summed E-state index contributed by atoms with van der Waals surface area (Å²) in [7, 11) is 3.41. The summed E-state index contributed by atoms with van der Waals surface area (Å²) < 4.78 is 0. The van der Waals surface area contributed by atoms with Gasteiger partial charge >= 0.3 is 0 Å². The van der Waals surface area contributed by atoms with Crippen LogP contribution in [0.2, 0.25) is 0 Å². The van der Waals surface area contributed by atoms with Crippen molar-refractivity contribution in [1.29, 1.82) is 10.5 Å². The maximum absolute atomic E-state index is 8.31. The van der Waals surface area contributed by atoms with Crippen LogP contribution in [0.5, 0.6) is 0 Å². The van der Waals surface area contributed by atoms with Crippen molar-refractivity contribution < 1.29 is 0 Å². The summed E-state index contributed by atoms with van der Waals surface area (Å²) in [5.74, 6) is 0. The Morgan fingerprint density at radius 1 is 1.42 bits per heavy atom. The van der Waals surface area contributed by atoms with E-state index in [0.717, 1.165) is 6.20 Å². The second-order valence-electron chi connectivity index (χ2n) is 2.06. The van der Waals surface area contributed by atoms with Crippen molar-refractivity contribution in [3.63, 3.8) is 0 Å². The molecule has 0 atom stereocenters. The van der Waals surface area contributed by atoms with E-state index < -0.39 is 0 Å². The van der Waals surface area contributed by atoms with E-state index in [4.69, 9.17) is 22.1 Å². The second kappa shape index (κ2) is 5.17. The molecule has 0 aromatic heterocycles. The van der Waals surface area contributed by atoms with Gasteiger partial charge < -0.3 is 4.90 Å². The lowest BCUT2D eigenvalue weighted by Crippen LogP contribution is -2.15. The molecule has 0 N–H and O–H groups in total.